The number of amides is 1. The van der Waals surface area contributed by atoms with Gasteiger partial charge in [0.05, 0.1) is 4.90 Å². The molecular weight excluding hydrogens is 366 g/mol. The molecule has 1 amide bonds. The van der Waals surface area contributed by atoms with E-state index in [-0.39, 0.29) is 16.4 Å². The second-order valence-corrected chi connectivity index (χ2v) is 7.86. The van der Waals surface area contributed by atoms with E-state index in [0.29, 0.717) is 30.2 Å². The molecule has 0 radical (unpaired) electrons. The van der Waals surface area contributed by atoms with Crippen LogP contribution in [0.2, 0.25) is 0 Å². The molecule has 1 aromatic carbocycles. The monoisotopic (exact) mass is 385 g/mol. The number of nitrogens with zero attached hydrogens (tertiary/aromatic N) is 2. The fourth-order valence-electron chi connectivity index (χ4n) is 2.95. The van der Waals surface area contributed by atoms with E-state index >= 15 is 0 Å². The van der Waals surface area contributed by atoms with Crippen molar-refractivity contribution in [3.05, 3.63) is 47.7 Å². The van der Waals surface area contributed by atoms with Gasteiger partial charge in [-0.1, -0.05) is 0 Å². The number of carbonyl (C=O) groups is 1. The van der Waals surface area contributed by atoms with Crippen molar-refractivity contribution in [2.75, 3.05) is 13.1 Å². The number of likely N-dealkylation sites (tertiary alicyclic amines) is 1. The van der Waals surface area contributed by atoms with Crippen molar-refractivity contribution in [2.45, 2.75) is 24.2 Å². The molecule has 2 aromatic rings. The molecule has 27 heavy (non-hydrogen) atoms. The fourth-order valence-corrected chi connectivity index (χ4v) is 3.46. The largest absolute Gasteiger partial charge is 0.457 e. The zero-order valence-corrected chi connectivity index (χ0v) is 15.4. The molecule has 1 aromatic heterocycles. The summed E-state index contributed by atoms with van der Waals surface area (Å²) in [5.41, 5.74) is 0.685. The van der Waals surface area contributed by atoms with Gasteiger partial charge in [-0.2, -0.15) is 5.26 Å². The van der Waals surface area contributed by atoms with Crippen molar-refractivity contribution in [1.29, 1.82) is 5.26 Å². The molecule has 1 saturated heterocycles. The van der Waals surface area contributed by atoms with Crippen LogP contribution >= 0.6 is 0 Å². The first-order valence-electron chi connectivity index (χ1n) is 8.52. The van der Waals surface area contributed by atoms with E-state index in [2.05, 4.69) is 0 Å². The van der Waals surface area contributed by atoms with Gasteiger partial charge in [-0.05, 0) is 55.7 Å². The molecule has 0 unspecified atom stereocenters. The van der Waals surface area contributed by atoms with Crippen LogP contribution in [0.1, 0.15) is 25.0 Å². The van der Waals surface area contributed by atoms with Gasteiger partial charge in [0.25, 0.3) is 5.91 Å². The first-order valence-corrected chi connectivity index (χ1v) is 10.1. The molecule has 140 valence electrons. The van der Waals surface area contributed by atoms with Gasteiger partial charge in [0.15, 0.2) is 0 Å². The van der Waals surface area contributed by atoms with Gasteiger partial charge in [-0.3, -0.25) is 4.79 Å². The lowest BCUT2D eigenvalue weighted by molar-refractivity contribution is -0.127. The molecule has 0 aliphatic carbocycles. The molecule has 1 aliphatic heterocycles. The van der Waals surface area contributed by atoms with Gasteiger partial charge >= 0.3 is 0 Å². The van der Waals surface area contributed by atoms with Crippen LogP contribution in [0.3, 0.4) is 0 Å². The number of rotatable bonds is 4. The molecule has 0 atom stereocenters. The standard InChI is InChI=1S/C19H19N3O4S/c20-13-15(19(23)22-10-2-1-3-11-22)12-16-6-9-18(26-16)14-4-7-17(8-5-14)27(21,24)25/h4-9,12H,1-3,10-11H2,(H2,21,24,25)/b15-12-. The molecule has 2 heterocycles. The van der Waals surface area contributed by atoms with E-state index in [9.17, 15) is 18.5 Å². The van der Waals surface area contributed by atoms with Gasteiger partial charge in [0.2, 0.25) is 10.0 Å². The van der Waals surface area contributed by atoms with Crippen LogP contribution < -0.4 is 5.14 Å². The number of hydrogen-bond donors (Lipinski definition) is 1. The smallest absolute Gasteiger partial charge is 0.264 e. The van der Waals surface area contributed by atoms with Crippen molar-refractivity contribution in [3.8, 4) is 17.4 Å². The Morgan fingerprint density at radius 3 is 2.37 bits per heavy atom. The minimum atomic E-state index is -3.75. The number of carbonyl (C=O) groups excluding carboxylic acids is 1. The summed E-state index contributed by atoms with van der Waals surface area (Å²) in [6, 6.07) is 11.2. The quantitative estimate of drug-likeness (QED) is 0.641. The second-order valence-electron chi connectivity index (χ2n) is 6.29. The Bertz CT molecular complexity index is 1010. The van der Waals surface area contributed by atoms with Crippen molar-refractivity contribution in [1.82, 2.24) is 4.90 Å². The Morgan fingerprint density at radius 2 is 1.78 bits per heavy atom. The second kappa shape index (κ2) is 7.78. The van der Waals surface area contributed by atoms with Crippen molar-refractivity contribution in [3.63, 3.8) is 0 Å². The predicted molar refractivity (Wildman–Crippen MR) is 99.5 cm³/mol. The minimum Gasteiger partial charge on any atom is -0.457 e. The lowest BCUT2D eigenvalue weighted by Gasteiger charge is -2.26. The van der Waals surface area contributed by atoms with Crippen molar-refractivity contribution >= 4 is 22.0 Å². The maximum absolute atomic E-state index is 12.5. The number of furan rings is 1. The van der Waals surface area contributed by atoms with Crippen LogP contribution in [-0.4, -0.2) is 32.3 Å². The van der Waals surface area contributed by atoms with Gasteiger partial charge in [0, 0.05) is 24.7 Å². The topological polar surface area (TPSA) is 117 Å². The SMILES string of the molecule is N#C/C(=C/c1ccc(-c2ccc(S(N)(=O)=O)cc2)o1)C(=O)N1CCCCC1. The average molecular weight is 385 g/mol. The first-order chi connectivity index (χ1) is 12.9. The third kappa shape index (κ3) is 4.45. The van der Waals surface area contributed by atoms with Crippen LogP contribution in [0.5, 0.6) is 0 Å². The fraction of sp³-hybridized carbons (Fsp3) is 0.263. The van der Waals surface area contributed by atoms with Crippen molar-refractivity contribution < 1.29 is 17.6 Å². The maximum atomic E-state index is 12.5. The van der Waals surface area contributed by atoms with Crippen LogP contribution in [0.25, 0.3) is 17.4 Å². The van der Waals surface area contributed by atoms with Crippen molar-refractivity contribution in [2.24, 2.45) is 5.14 Å². The number of sulfonamides is 1. The summed E-state index contributed by atoms with van der Waals surface area (Å²) in [6.07, 6.45) is 4.42. The number of primary sulfonamides is 1. The Kier molecular flexibility index (Phi) is 5.44. The lowest BCUT2D eigenvalue weighted by atomic mass is 10.1. The van der Waals surface area contributed by atoms with E-state index < -0.39 is 10.0 Å². The van der Waals surface area contributed by atoms with E-state index in [1.54, 1.807) is 29.2 Å². The lowest BCUT2D eigenvalue weighted by Crippen LogP contribution is -2.36. The summed E-state index contributed by atoms with van der Waals surface area (Å²) < 4.78 is 28.3. The Morgan fingerprint density at radius 1 is 1.11 bits per heavy atom. The first kappa shape index (κ1) is 18.9. The van der Waals surface area contributed by atoms with Crippen LogP contribution in [0, 0.1) is 11.3 Å². The summed E-state index contributed by atoms with van der Waals surface area (Å²) >= 11 is 0. The third-order valence-electron chi connectivity index (χ3n) is 4.37. The minimum absolute atomic E-state index is 0.0109. The third-order valence-corrected chi connectivity index (χ3v) is 5.30. The Labute approximate surface area is 157 Å². The molecule has 3 rings (SSSR count). The van der Waals surface area contributed by atoms with E-state index in [1.807, 2.05) is 6.07 Å². The molecule has 0 bridgehead atoms. The predicted octanol–water partition coefficient (Wildman–Crippen LogP) is 2.51. The molecule has 1 fully saturated rings. The number of hydrogen-bond acceptors (Lipinski definition) is 5. The molecule has 0 spiro atoms. The van der Waals surface area contributed by atoms with Crippen LogP contribution in [0.15, 0.2) is 51.3 Å². The highest BCUT2D eigenvalue weighted by molar-refractivity contribution is 7.89. The summed E-state index contributed by atoms with van der Waals surface area (Å²) in [5.74, 6) is 0.583. The maximum Gasteiger partial charge on any atom is 0.264 e. The molecule has 8 heteroatoms. The zero-order chi connectivity index (χ0) is 19.4. The van der Waals surface area contributed by atoms with E-state index in [4.69, 9.17) is 9.56 Å². The Hall–Kier alpha value is -2.89. The molecule has 0 saturated carbocycles. The van der Waals surface area contributed by atoms with E-state index in [1.165, 1.54) is 18.2 Å². The molecule has 1 aliphatic rings. The normalized spacial score (nSPS) is 15.4. The number of nitriles is 1. The molecule has 2 N–H and O–H groups in total. The highest BCUT2D eigenvalue weighted by Gasteiger charge is 2.20. The van der Waals surface area contributed by atoms with Crippen LogP contribution in [0.4, 0.5) is 0 Å². The summed E-state index contributed by atoms with van der Waals surface area (Å²) in [7, 11) is -3.75. The summed E-state index contributed by atoms with van der Waals surface area (Å²) in [5, 5.41) is 14.4. The van der Waals surface area contributed by atoms with Crippen LogP contribution in [-0.2, 0) is 14.8 Å². The average Bonchev–Trinajstić information content (AvgIpc) is 3.14. The van der Waals surface area contributed by atoms with Gasteiger partial charge in [-0.25, -0.2) is 13.6 Å². The van der Waals surface area contributed by atoms with Gasteiger partial charge < -0.3 is 9.32 Å². The highest BCUT2D eigenvalue weighted by atomic mass is 32.2. The highest BCUT2D eigenvalue weighted by Crippen LogP contribution is 2.25. The zero-order valence-electron chi connectivity index (χ0n) is 14.6. The summed E-state index contributed by atoms with van der Waals surface area (Å²) in [4.78, 5) is 14.2. The number of benzene rings is 1. The molecular formula is C19H19N3O4S. The number of piperidine rings is 1. The summed E-state index contributed by atoms with van der Waals surface area (Å²) in [6.45, 7) is 1.33. The van der Waals surface area contributed by atoms with Gasteiger partial charge in [-0.15, -0.1) is 0 Å². The van der Waals surface area contributed by atoms with Gasteiger partial charge in [0.1, 0.15) is 23.2 Å². The molecule has 7 nitrogen and oxygen atoms in total. The number of nitrogens with two attached hydrogens (primary N) is 1. The Balaban J connectivity index is 1.81. The van der Waals surface area contributed by atoms with E-state index in [0.717, 1.165) is 19.3 Å².